The second-order valence-electron chi connectivity index (χ2n) is 12.7. The Labute approximate surface area is 291 Å². The largest absolute Gasteiger partial charge is 0.468 e. The molecule has 268 valence electrons. The Bertz CT molecular complexity index is 1690. The number of β-lactam (4-membered cyclic amide) rings is 2. The molecular weight excluding hydrogens is 712 g/mol. The molecule has 4 heterocycles. The fraction of sp³-hybridized carbons (Fsp3) is 0.552. The standard InChI is InChI=1S/C29H34N4O13S2.ClH/c1-28(2)19(33-22(36)18(23(33)47-28)31-21(35)17(30)13-9-7-6-8-10-13)26(39)44-12-14(24(37)43-5)25(38)45-46-27(40)20-29(3,4)48(41,42)16-11-15(34)32(16)20;/h6-10,14,16-20,23H,11-12,30H2,1-5H3,(H,31,35);1H/t14?,16-,17?,18-,19+,20+,23-;/m1./s1. The number of fused-ring (bicyclic) bond motifs is 2. The fourth-order valence-electron chi connectivity index (χ4n) is 6.20. The maximum atomic E-state index is 13.3. The van der Waals surface area contributed by atoms with Gasteiger partial charge in [-0.2, -0.15) is 0 Å². The Hall–Kier alpha value is -3.94. The first-order chi connectivity index (χ1) is 22.4. The summed E-state index contributed by atoms with van der Waals surface area (Å²) in [6.45, 7) is 4.86. The predicted octanol–water partition coefficient (Wildman–Crippen LogP) is -0.877. The van der Waals surface area contributed by atoms with Gasteiger partial charge in [0.05, 0.1) is 13.5 Å². The van der Waals surface area contributed by atoms with E-state index in [0.29, 0.717) is 5.56 Å². The third-order valence-corrected chi connectivity index (χ3v) is 13.3. The molecular formula is C29H35ClN4O13S2. The third-order valence-electron chi connectivity index (χ3n) is 8.97. The molecule has 0 spiro atoms. The second kappa shape index (κ2) is 13.4. The van der Waals surface area contributed by atoms with Crippen molar-refractivity contribution in [3.05, 3.63) is 35.9 Å². The number of carbonyl (C=O) groups excluding carboxylic acids is 7. The van der Waals surface area contributed by atoms with Gasteiger partial charge in [-0.05, 0) is 33.3 Å². The Morgan fingerprint density at radius 1 is 0.980 bits per heavy atom. The van der Waals surface area contributed by atoms with Crippen LogP contribution in [0.5, 0.6) is 0 Å². The molecule has 4 saturated heterocycles. The number of amides is 3. The number of nitrogens with two attached hydrogens (primary N) is 1. The highest BCUT2D eigenvalue weighted by Crippen LogP contribution is 2.51. The summed E-state index contributed by atoms with van der Waals surface area (Å²) < 4.78 is 32.7. The Morgan fingerprint density at radius 3 is 2.20 bits per heavy atom. The van der Waals surface area contributed by atoms with Gasteiger partial charge >= 0.3 is 23.9 Å². The summed E-state index contributed by atoms with van der Waals surface area (Å²) in [4.78, 5) is 101. The van der Waals surface area contributed by atoms with E-state index in [1.807, 2.05) is 0 Å². The van der Waals surface area contributed by atoms with Crippen molar-refractivity contribution in [3.8, 4) is 0 Å². The monoisotopic (exact) mass is 746 g/mol. The zero-order chi connectivity index (χ0) is 35.5. The zero-order valence-corrected chi connectivity index (χ0v) is 29.3. The number of rotatable bonds is 9. The Kier molecular flexibility index (Phi) is 10.4. The molecule has 2 unspecified atom stereocenters. The Balaban J connectivity index is 0.00000541. The molecule has 20 heteroatoms. The minimum Gasteiger partial charge on any atom is -0.468 e. The van der Waals surface area contributed by atoms with Gasteiger partial charge < -0.3 is 30.3 Å². The minimum atomic E-state index is -3.96. The molecule has 3 N–H and O–H groups in total. The first kappa shape index (κ1) is 37.9. The van der Waals surface area contributed by atoms with Gasteiger partial charge in [-0.1, -0.05) is 30.3 Å². The van der Waals surface area contributed by atoms with Crippen LogP contribution in [-0.2, 0) is 62.6 Å². The highest BCUT2D eigenvalue weighted by molar-refractivity contribution is 8.01. The average molecular weight is 747 g/mol. The predicted molar refractivity (Wildman–Crippen MR) is 169 cm³/mol. The molecule has 4 fully saturated rings. The number of nitrogens with zero attached hydrogens (tertiary/aromatic N) is 2. The van der Waals surface area contributed by atoms with Gasteiger partial charge in [0.15, 0.2) is 21.8 Å². The van der Waals surface area contributed by atoms with Crippen LogP contribution in [0.4, 0.5) is 0 Å². The van der Waals surface area contributed by atoms with E-state index in [4.69, 9.17) is 10.5 Å². The average Bonchev–Trinajstić information content (AvgIpc) is 3.36. The molecule has 1 aromatic rings. The fourth-order valence-corrected chi connectivity index (χ4v) is 9.94. The molecule has 5 rings (SSSR count). The van der Waals surface area contributed by atoms with E-state index in [-0.39, 0.29) is 18.8 Å². The first-order valence-electron chi connectivity index (χ1n) is 14.7. The molecule has 0 bridgehead atoms. The van der Waals surface area contributed by atoms with Crippen molar-refractivity contribution in [2.75, 3.05) is 13.7 Å². The number of thioether (sulfide) groups is 1. The number of sulfone groups is 1. The molecule has 3 amide bonds. The maximum absolute atomic E-state index is 13.3. The molecule has 4 aliphatic heterocycles. The molecule has 0 aromatic heterocycles. The quantitative estimate of drug-likeness (QED) is 0.103. The number of hydrogen-bond acceptors (Lipinski definition) is 15. The van der Waals surface area contributed by atoms with Crippen molar-refractivity contribution in [2.24, 2.45) is 11.7 Å². The molecule has 17 nitrogen and oxygen atoms in total. The molecule has 7 atom stereocenters. The van der Waals surface area contributed by atoms with E-state index >= 15 is 0 Å². The summed E-state index contributed by atoms with van der Waals surface area (Å²) in [5.41, 5.74) is 6.60. The van der Waals surface area contributed by atoms with Crippen LogP contribution in [0, 0.1) is 5.92 Å². The van der Waals surface area contributed by atoms with Gasteiger partial charge in [0.25, 0.3) is 0 Å². The lowest BCUT2D eigenvalue weighted by Gasteiger charge is -2.44. The molecule has 0 aliphatic carbocycles. The first-order valence-corrected chi connectivity index (χ1v) is 17.1. The molecule has 4 aliphatic rings. The second-order valence-corrected chi connectivity index (χ2v) is 17.1. The molecule has 0 radical (unpaired) electrons. The van der Waals surface area contributed by atoms with E-state index in [1.54, 1.807) is 44.2 Å². The van der Waals surface area contributed by atoms with Gasteiger partial charge in [-0.15, -0.1) is 24.2 Å². The van der Waals surface area contributed by atoms with Crippen LogP contribution < -0.4 is 11.1 Å². The van der Waals surface area contributed by atoms with Crippen molar-refractivity contribution in [1.82, 2.24) is 15.1 Å². The number of methoxy groups -OCH3 is 1. The number of esters is 2. The van der Waals surface area contributed by atoms with Crippen LogP contribution >= 0.6 is 24.2 Å². The van der Waals surface area contributed by atoms with Gasteiger partial charge in [0.1, 0.15) is 40.2 Å². The summed E-state index contributed by atoms with van der Waals surface area (Å²) in [6.07, 6.45) is -0.303. The van der Waals surface area contributed by atoms with Crippen molar-refractivity contribution >= 4 is 75.6 Å². The lowest BCUT2D eigenvalue weighted by Crippen LogP contribution is -2.71. The van der Waals surface area contributed by atoms with Crippen LogP contribution in [0.25, 0.3) is 0 Å². The lowest BCUT2D eigenvalue weighted by atomic mass is 9.95. The van der Waals surface area contributed by atoms with Crippen molar-refractivity contribution in [1.29, 1.82) is 0 Å². The van der Waals surface area contributed by atoms with Crippen molar-refractivity contribution in [3.63, 3.8) is 0 Å². The minimum absolute atomic E-state index is 0. The summed E-state index contributed by atoms with van der Waals surface area (Å²) in [6, 6.07) is 3.74. The molecule has 1 aromatic carbocycles. The van der Waals surface area contributed by atoms with Crippen LogP contribution in [0.3, 0.4) is 0 Å². The van der Waals surface area contributed by atoms with Crippen LogP contribution in [0.15, 0.2) is 30.3 Å². The van der Waals surface area contributed by atoms with Crippen LogP contribution in [0.1, 0.15) is 45.7 Å². The number of halogens is 1. The van der Waals surface area contributed by atoms with E-state index in [1.165, 1.54) is 30.5 Å². The highest BCUT2D eigenvalue weighted by Gasteiger charge is 2.69. The van der Waals surface area contributed by atoms with E-state index < -0.39 is 108 Å². The van der Waals surface area contributed by atoms with Crippen LogP contribution in [0.2, 0.25) is 0 Å². The SMILES string of the molecule is COC(=O)C(COC(=O)[C@@H]1N2C(=O)[C@@H](NC(=O)C(N)c3ccccc3)[C@H]2SC1(C)C)C(=O)OOC(=O)[C@@H]1N2C(=O)C[C@H]2S(=O)(=O)C1(C)C.Cl. The summed E-state index contributed by atoms with van der Waals surface area (Å²) in [7, 11) is -3.02. The number of carbonyl (C=O) groups is 7. The van der Waals surface area contributed by atoms with Crippen molar-refractivity contribution in [2.45, 2.75) is 78.5 Å². The number of benzene rings is 1. The smallest absolute Gasteiger partial charge is 0.379 e. The van der Waals surface area contributed by atoms with Gasteiger partial charge in [0, 0.05) is 4.75 Å². The van der Waals surface area contributed by atoms with Crippen LogP contribution in [-0.4, -0.2) is 112 Å². The van der Waals surface area contributed by atoms with Crippen molar-refractivity contribution < 1.29 is 61.2 Å². The lowest BCUT2D eigenvalue weighted by molar-refractivity contribution is -0.267. The summed E-state index contributed by atoms with van der Waals surface area (Å²) in [5, 5.41) is 0.781. The Morgan fingerprint density at radius 2 is 1.61 bits per heavy atom. The summed E-state index contributed by atoms with van der Waals surface area (Å²) >= 11 is 1.23. The third kappa shape index (κ3) is 6.21. The topological polar surface area (TPSA) is 235 Å². The van der Waals surface area contributed by atoms with E-state index in [9.17, 15) is 42.0 Å². The molecule has 49 heavy (non-hydrogen) atoms. The summed E-state index contributed by atoms with van der Waals surface area (Å²) in [5.74, 6) is -8.79. The maximum Gasteiger partial charge on any atom is 0.379 e. The highest BCUT2D eigenvalue weighted by atomic mass is 35.5. The number of nitrogens with one attached hydrogen (secondary N) is 1. The van der Waals surface area contributed by atoms with E-state index in [2.05, 4.69) is 19.8 Å². The van der Waals surface area contributed by atoms with Gasteiger partial charge in [-0.3, -0.25) is 19.2 Å². The normalized spacial score (nSPS) is 27.8. The number of hydrogen-bond donors (Lipinski definition) is 2. The van der Waals surface area contributed by atoms with Gasteiger partial charge in [-0.25, -0.2) is 32.6 Å². The van der Waals surface area contributed by atoms with Gasteiger partial charge in [0.2, 0.25) is 17.7 Å². The zero-order valence-electron chi connectivity index (χ0n) is 26.8. The molecule has 0 saturated carbocycles. The van der Waals surface area contributed by atoms with E-state index in [0.717, 1.165) is 12.0 Å². The number of ether oxygens (including phenoxy) is 2.